The lowest BCUT2D eigenvalue weighted by molar-refractivity contribution is -0.146. The van der Waals surface area contributed by atoms with Crippen LogP contribution in [0.25, 0.3) is 0 Å². The van der Waals surface area contributed by atoms with Gasteiger partial charge in [-0.2, -0.15) is 0 Å². The summed E-state index contributed by atoms with van der Waals surface area (Å²) in [5.41, 5.74) is -0.387. The minimum atomic E-state index is -0.387. The van der Waals surface area contributed by atoms with Gasteiger partial charge in [-0.25, -0.2) is 0 Å². The van der Waals surface area contributed by atoms with Crippen molar-refractivity contribution in [3.05, 3.63) is 0 Å². The molecule has 0 bridgehead atoms. The summed E-state index contributed by atoms with van der Waals surface area (Å²) >= 11 is 0. The quantitative estimate of drug-likeness (QED) is 0.516. The Labute approximate surface area is 97.5 Å². The van der Waals surface area contributed by atoms with Gasteiger partial charge in [-0.3, -0.25) is 9.59 Å². The lowest BCUT2D eigenvalue weighted by atomic mass is 9.77. The minimum Gasteiger partial charge on any atom is -0.469 e. The van der Waals surface area contributed by atoms with Gasteiger partial charge in [-0.05, 0) is 19.3 Å². The summed E-state index contributed by atoms with van der Waals surface area (Å²) in [4.78, 5) is 23.3. The number of ketones is 1. The molecule has 0 aromatic carbocycles. The average molecular weight is 226 g/mol. The monoisotopic (exact) mass is 226 g/mol. The second kappa shape index (κ2) is 6.02. The van der Waals surface area contributed by atoms with Gasteiger partial charge in [0.2, 0.25) is 0 Å². The molecule has 1 fully saturated rings. The van der Waals surface area contributed by atoms with Crippen LogP contribution in [0.2, 0.25) is 0 Å². The van der Waals surface area contributed by atoms with E-state index in [4.69, 9.17) is 4.74 Å². The standard InChI is InChI=1S/C13H22O3/c1-3-4-5-8-13(10-12(15)16-2)9-6-7-11(13)14/h3-10H2,1-2H3. The van der Waals surface area contributed by atoms with Gasteiger partial charge in [0.05, 0.1) is 13.5 Å². The molecule has 1 aliphatic carbocycles. The fraction of sp³-hybridized carbons (Fsp3) is 0.846. The summed E-state index contributed by atoms with van der Waals surface area (Å²) in [5, 5.41) is 0. The second-order valence-corrected chi connectivity index (χ2v) is 4.77. The number of unbranched alkanes of at least 4 members (excludes halogenated alkanes) is 2. The number of Topliss-reactive ketones (excluding diaryl/α,β-unsaturated/α-hetero) is 1. The smallest absolute Gasteiger partial charge is 0.306 e. The highest BCUT2D eigenvalue weighted by Gasteiger charge is 2.43. The highest BCUT2D eigenvalue weighted by atomic mass is 16.5. The summed E-state index contributed by atoms with van der Waals surface area (Å²) in [6.45, 7) is 2.14. The Morgan fingerprint density at radius 3 is 2.69 bits per heavy atom. The molecule has 16 heavy (non-hydrogen) atoms. The first-order valence-corrected chi connectivity index (χ1v) is 6.25. The van der Waals surface area contributed by atoms with E-state index in [1.807, 2.05) is 0 Å². The molecule has 0 radical (unpaired) electrons. The molecule has 0 N–H and O–H groups in total. The summed E-state index contributed by atoms with van der Waals surface area (Å²) < 4.78 is 4.70. The van der Waals surface area contributed by atoms with E-state index in [1.165, 1.54) is 7.11 Å². The van der Waals surface area contributed by atoms with Crippen LogP contribution < -0.4 is 0 Å². The molecule has 92 valence electrons. The first-order chi connectivity index (χ1) is 7.64. The Hall–Kier alpha value is -0.860. The molecule has 0 spiro atoms. The lowest BCUT2D eigenvalue weighted by Crippen LogP contribution is -2.29. The van der Waals surface area contributed by atoms with Crippen molar-refractivity contribution in [3.8, 4) is 0 Å². The van der Waals surface area contributed by atoms with Crippen molar-refractivity contribution in [2.24, 2.45) is 5.41 Å². The number of methoxy groups -OCH3 is 1. The fourth-order valence-electron chi connectivity index (χ4n) is 2.59. The maximum atomic E-state index is 11.9. The number of ether oxygens (including phenoxy) is 1. The zero-order valence-corrected chi connectivity index (χ0v) is 10.4. The summed E-state index contributed by atoms with van der Waals surface area (Å²) in [5.74, 6) is 0.0285. The van der Waals surface area contributed by atoms with Crippen molar-refractivity contribution in [3.63, 3.8) is 0 Å². The van der Waals surface area contributed by atoms with Crippen molar-refractivity contribution >= 4 is 11.8 Å². The number of hydrogen-bond donors (Lipinski definition) is 0. The van der Waals surface area contributed by atoms with Crippen LogP contribution in [-0.2, 0) is 14.3 Å². The van der Waals surface area contributed by atoms with Gasteiger partial charge in [0.25, 0.3) is 0 Å². The molecule has 0 aliphatic heterocycles. The van der Waals surface area contributed by atoms with Gasteiger partial charge in [-0.15, -0.1) is 0 Å². The predicted octanol–water partition coefficient (Wildman–Crippen LogP) is 2.87. The van der Waals surface area contributed by atoms with Gasteiger partial charge >= 0.3 is 5.97 Å². The van der Waals surface area contributed by atoms with Crippen LogP contribution in [0.4, 0.5) is 0 Å². The Bertz CT molecular complexity index is 260. The maximum absolute atomic E-state index is 11.9. The van der Waals surface area contributed by atoms with E-state index < -0.39 is 0 Å². The first kappa shape index (κ1) is 13.2. The summed E-state index contributed by atoms with van der Waals surface area (Å²) in [7, 11) is 1.39. The molecule has 1 saturated carbocycles. The number of esters is 1. The van der Waals surface area contributed by atoms with Crippen molar-refractivity contribution in [2.75, 3.05) is 7.11 Å². The van der Waals surface area contributed by atoms with Gasteiger partial charge in [0, 0.05) is 11.8 Å². The van der Waals surface area contributed by atoms with Crippen LogP contribution >= 0.6 is 0 Å². The van der Waals surface area contributed by atoms with E-state index in [9.17, 15) is 9.59 Å². The van der Waals surface area contributed by atoms with Gasteiger partial charge in [-0.1, -0.05) is 26.2 Å². The molecule has 1 aliphatic rings. The zero-order valence-electron chi connectivity index (χ0n) is 10.4. The van der Waals surface area contributed by atoms with Gasteiger partial charge in [0.15, 0.2) is 0 Å². The van der Waals surface area contributed by atoms with E-state index in [2.05, 4.69) is 6.92 Å². The molecule has 0 aromatic rings. The topological polar surface area (TPSA) is 43.4 Å². The van der Waals surface area contributed by atoms with Gasteiger partial charge < -0.3 is 4.74 Å². The average Bonchev–Trinajstić information content (AvgIpc) is 2.61. The minimum absolute atomic E-state index is 0.244. The third kappa shape index (κ3) is 3.06. The van der Waals surface area contributed by atoms with E-state index in [0.29, 0.717) is 6.42 Å². The third-order valence-corrected chi connectivity index (χ3v) is 3.62. The highest BCUT2D eigenvalue weighted by molar-refractivity contribution is 5.90. The van der Waals surface area contributed by atoms with Crippen LogP contribution in [0.5, 0.6) is 0 Å². The van der Waals surface area contributed by atoms with Crippen LogP contribution in [-0.4, -0.2) is 18.9 Å². The number of hydrogen-bond acceptors (Lipinski definition) is 3. The van der Waals surface area contributed by atoms with Crippen LogP contribution in [0.3, 0.4) is 0 Å². The van der Waals surface area contributed by atoms with Crippen molar-refractivity contribution < 1.29 is 14.3 Å². The highest BCUT2D eigenvalue weighted by Crippen LogP contribution is 2.42. The van der Waals surface area contributed by atoms with E-state index in [-0.39, 0.29) is 23.6 Å². The predicted molar refractivity (Wildman–Crippen MR) is 62.1 cm³/mol. The lowest BCUT2D eigenvalue weighted by Gasteiger charge is -2.25. The molecule has 3 nitrogen and oxygen atoms in total. The zero-order chi connectivity index (χ0) is 12.0. The van der Waals surface area contributed by atoms with Crippen LogP contribution in [0.15, 0.2) is 0 Å². The molecule has 1 unspecified atom stereocenters. The number of rotatable bonds is 6. The molecular weight excluding hydrogens is 204 g/mol. The number of carbonyl (C=O) groups excluding carboxylic acids is 2. The Morgan fingerprint density at radius 1 is 1.44 bits per heavy atom. The SMILES string of the molecule is CCCCCC1(CC(=O)OC)CCCC1=O. The van der Waals surface area contributed by atoms with E-state index in [0.717, 1.165) is 38.5 Å². The molecule has 3 heteroatoms. The van der Waals surface area contributed by atoms with Crippen molar-refractivity contribution in [1.29, 1.82) is 0 Å². The largest absolute Gasteiger partial charge is 0.469 e. The van der Waals surface area contributed by atoms with Crippen molar-refractivity contribution in [2.45, 2.75) is 58.3 Å². The second-order valence-electron chi connectivity index (χ2n) is 4.77. The Kier molecular flexibility index (Phi) is 4.97. The maximum Gasteiger partial charge on any atom is 0.306 e. The first-order valence-electron chi connectivity index (χ1n) is 6.25. The fourth-order valence-corrected chi connectivity index (χ4v) is 2.59. The normalized spacial score (nSPS) is 24.8. The van der Waals surface area contributed by atoms with Crippen molar-refractivity contribution in [1.82, 2.24) is 0 Å². The summed E-state index contributed by atoms with van der Waals surface area (Å²) in [6, 6.07) is 0. The Balaban J connectivity index is 2.61. The number of carbonyl (C=O) groups is 2. The van der Waals surface area contributed by atoms with Gasteiger partial charge in [0.1, 0.15) is 5.78 Å². The molecule has 0 heterocycles. The molecule has 0 aromatic heterocycles. The van der Waals surface area contributed by atoms with Crippen LogP contribution in [0.1, 0.15) is 58.3 Å². The third-order valence-electron chi connectivity index (χ3n) is 3.62. The van der Waals surface area contributed by atoms with Crippen LogP contribution in [0, 0.1) is 5.41 Å². The molecule has 1 atom stereocenters. The molecule has 0 saturated heterocycles. The molecular formula is C13H22O3. The van der Waals surface area contributed by atoms with E-state index >= 15 is 0 Å². The molecule has 1 rings (SSSR count). The Morgan fingerprint density at radius 2 is 2.19 bits per heavy atom. The summed E-state index contributed by atoms with van der Waals surface area (Å²) in [6.07, 6.45) is 6.90. The molecule has 0 amide bonds. The van der Waals surface area contributed by atoms with E-state index in [1.54, 1.807) is 0 Å².